The van der Waals surface area contributed by atoms with Gasteiger partial charge in [0, 0.05) is 13.1 Å². The number of hydrogen-bond acceptors (Lipinski definition) is 4. The van der Waals surface area contributed by atoms with E-state index in [0.29, 0.717) is 6.10 Å². The van der Waals surface area contributed by atoms with Crippen LogP contribution in [-0.2, 0) is 4.74 Å². The summed E-state index contributed by atoms with van der Waals surface area (Å²) in [5, 5.41) is 10.8. The highest BCUT2D eigenvalue weighted by molar-refractivity contribution is 5.16. The highest BCUT2D eigenvalue weighted by Gasteiger charge is 2.60. The van der Waals surface area contributed by atoms with Crippen LogP contribution in [0.1, 0.15) is 32.1 Å². The second kappa shape index (κ2) is 3.42. The maximum Gasteiger partial charge on any atom is 0.0877 e. The van der Waals surface area contributed by atoms with Gasteiger partial charge in [-0.2, -0.15) is 0 Å². The monoisotopic (exact) mass is 226 g/mol. The van der Waals surface area contributed by atoms with Crippen LogP contribution >= 0.6 is 0 Å². The first-order valence-electron chi connectivity index (χ1n) is 6.39. The van der Waals surface area contributed by atoms with Crippen LogP contribution in [0.2, 0.25) is 0 Å². The number of ether oxygens (including phenoxy) is 1. The van der Waals surface area contributed by atoms with Crippen molar-refractivity contribution in [3.8, 4) is 0 Å². The molecule has 3 saturated heterocycles. The van der Waals surface area contributed by atoms with Crippen molar-refractivity contribution in [3.63, 3.8) is 0 Å². The van der Waals surface area contributed by atoms with Crippen molar-refractivity contribution in [1.29, 1.82) is 0 Å². The predicted octanol–water partition coefficient (Wildman–Crippen LogP) is 0.0919. The van der Waals surface area contributed by atoms with Crippen molar-refractivity contribution in [2.75, 3.05) is 20.1 Å². The number of likely N-dealkylation sites (tertiary alicyclic amines) is 1. The quantitative estimate of drug-likeness (QED) is 0.665. The molecule has 92 valence electrons. The lowest BCUT2D eigenvalue weighted by Crippen LogP contribution is -2.68. The summed E-state index contributed by atoms with van der Waals surface area (Å²) in [4.78, 5) is 2.26. The summed E-state index contributed by atoms with van der Waals surface area (Å²) < 4.78 is 5.83. The zero-order chi connectivity index (χ0) is 11.4. The Labute approximate surface area is 96.7 Å². The summed E-state index contributed by atoms with van der Waals surface area (Å²) in [6, 6.07) is 0. The average Bonchev–Trinajstić information content (AvgIpc) is 2.83. The number of piperidine rings is 1. The van der Waals surface area contributed by atoms with E-state index in [1.54, 1.807) is 0 Å². The topological polar surface area (TPSA) is 58.7 Å². The van der Waals surface area contributed by atoms with Crippen LogP contribution in [0.3, 0.4) is 0 Å². The van der Waals surface area contributed by atoms with E-state index < -0.39 is 11.1 Å². The van der Waals surface area contributed by atoms with Crippen LogP contribution < -0.4 is 5.73 Å². The molecule has 0 radical (unpaired) electrons. The first kappa shape index (κ1) is 11.0. The smallest absolute Gasteiger partial charge is 0.0877 e. The maximum atomic E-state index is 10.8. The lowest BCUT2D eigenvalue weighted by Gasteiger charge is -2.49. The van der Waals surface area contributed by atoms with Gasteiger partial charge in [-0.3, -0.25) is 0 Å². The van der Waals surface area contributed by atoms with E-state index in [0.717, 1.165) is 45.2 Å². The second-order valence-corrected chi connectivity index (χ2v) is 5.90. The Balaban J connectivity index is 1.81. The molecule has 3 unspecified atom stereocenters. The molecule has 4 nitrogen and oxygen atoms in total. The molecule has 3 rings (SSSR count). The average molecular weight is 226 g/mol. The fourth-order valence-electron chi connectivity index (χ4n) is 3.69. The van der Waals surface area contributed by atoms with Gasteiger partial charge in [-0.05, 0) is 39.2 Å². The van der Waals surface area contributed by atoms with Crippen molar-refractivity contribution >= 4 is 0 Å². The summed E-state index contributed by atoms with van der Waals surface area (Å²) >= 11 is 0. The Morgan fingerprint density at radius 1 is 1.31 bits per heavy atom. The van der Waals surface area contributed by atoms with Crippen molar-refractivity contribution in [1.82, 2.24) is 4.90 Å². The Morgan fingerprint density at radius 3 is 2.50 bits per heavy atom. The molecule has 0 spiro atoms. The van der Waals surface area contributed by atoms with Crippen LogP contribution in [0.5, 0.6) is 0 Å². The van der Waals surface area contributed by atoms with Crippen molar-refractivity contribution in [3.05, 3.63) is 0 Å². The van der Waals surface area contributed by atoms with Crippen LogP contribution in [0.4, 0.5) is 0 Å². The largest absolute Gasteiger partial charge is 0.388 e. The van der Waals surface area contributed by atoms with Crippen LogP contribution in [0.15, 0.2) is 0 Å². The highest BCUT2D eigenvalue weighted by Crippen LogP contribution is 2.48. The first-order valence-corrected chi connectivity index (χ1v) is 6.39. The molecule has 3 N–H and O–H groups in total. The molecule has 0 saturated carbocycles. The number of aliphatic hydroxyl groups is 1. The molecule has 3 aliphatic rings. The molecule has 3 heterocycles. The van der Waals surface area contributed by atoms with Crippen LogP contribution in [0, 0.1) is 0 Å². The van der Waals surface area contributed by atoms with E-state index in [4.69, 9.17) is 10.5 Å². The molecule has 16 heavy (non-hydrogen) atoms. The van der Waals surface area contributed by atoms with Gasteiger partial charge in [-0.25, -0.2) is 0 Å². The summed E-state index contributed by atoms with van der Waals surface area (Å²) in [6.45, 7) is 1.87. The minimum absolute atomic E-state index is 0.0888. The third-order valence-corrected chi connectivity index (χ3v) is 4.93. The minimum atomic E-state index is -0.709. The molecule has 0 aliphatic carbocycles. The van der Waals surface area contributed by atoms with Gasteiger partial charge in [0.1, 0.15) is 0 Å². The molecule has 0 aromatic rings. The fourth-order valence-corrected chi connectivity index (χ4v) is 3.69. The number of fused-ring (bicyclic) bond motifs is 2. The highest BCUT2D eigenvalue weighted by atomic mass is 16.5. The summed E-state index contributed by atoms with van der Waals surface area (Å²) in [5.74, 6) is 0. The Hall–Kier alpha value is -0.160. The fraction of sp³-hybridized carbons (Fsp3) is 1.00. The van der Waals surface area contributed by atoms with E-state index in [9.17, 15) is 5.11 Å². The standard InChI is InChI=1S/C12H22N2O2/c1-14-6-4-11(15,5-7-14)12(13)8-9-2-3-10(12)16-9/h9-10,15H,2-8,13H2,1H3. The normalized spacial score (nSPS) is 47.4. The Bertz CT molecular complexity index is 289. The van der Waals surface area contributed by atoms with Gasteiger partial charge in [0.2, 0.25) is 0 Å². The third-order valence-electron chi connectivity index (χ3n) is 4.93. The maximum absolute atomic E-state index is 10.8. The predicted molar refractivity (Wildman–Crippen MR) is 61.1 cm³/mol. The summed E-state index contributed by atoms with van der Waals surface area (Å²) in [6.07, 6.45) is 4.96. The molecule has 4 heteroatoms. The molecule has 3 aliphatic heterocycles. The van der Waals surface area contributed by atoms with Crippen molar-refractivity contribution in [2.24, 2.45) is 5.73 Å². The lowest BCUT2D eigenvalue weighted by molar-refractivity contribution is -0.0973. The van der Waals surface area contributed by atoms with Crippen LogP contribution in [0.25, 0.3) is 0 Å². The van der Waals surface area contributed by atoms with Gasteiger partial charge in [-0.1, -0.05) is 0 Å². The molecule has 2 bridgehead atoms. The van der Waals surface area contributed by atoms with E-state index in [-0.39, 0.29) is 6.10 Å². The molecule has 0 amide bonds. The number of nitrogens with zero attached hydrogens (tertiary/aromatic N) is 1. The number of hydrogen-bond donors (Lipinski definition) is 2. The lowest BCUT2D eigenvalue weighted by atomic mass is 9.66. The molecule has 3 fully saturated rings. The summed E-state index contributed by atoms with van der Waals surface area (Å²) in [5.41, 5.74) is 5.31. The second-order valence-electron chi connectivity index (χ2n) is 5.90. The van der Waals surface area contributed by atoms with Gasteiger partial charge in [0.15, 0.2) is 0 Å². The van der Waals surface area contributed by atoms with Crippen LogP contribution in [-0.4, -0.2) is 53.5 Å². The summed E-state index contributed by atoms with van der Waals surface area (Å²) in [7, 11) is 2.10. The van der Waals surface area contributed by atoms with Gasteiger partial charge < -0.3 is 20.5 Å². The number of rotatable bonds is 1. The third kappa shape index (κ3) is 1.37. The van der Waals surface area contributed by atoms with Gasteiger partial charge >= 0.3 is 0 Å². The van der Waals surface area contributed by atoms with Crippen molar-refractivity contribution < 1.29 is 9.84 Å². The molecular formula is C12H22N2O2. The Morgan fingerprint density at radius 2 is 2.00 bits per heavy atom. The number of nitrogens with two attached hydrogens (primary N) is 1. The van der Waals surface area contributed by atoms with E-state index >= 15 is 0 Å². The Kier molecular flexibility index (Phi) is 2.34. The first-order chi connectivity index (χ1) is 7.53. The van der Waals surface area contributed by atoms with E-state index in [1.165, 1.54) is 0 Å². The zero-order valence-corrected chi connectivity index (χ0v) is 9.98. The van der Waals surface area contributed by atoms with Gasteiger partial charge in [-0.15, -0.1) is 0 Å². The van der Waals surface area contributed by atoms with Crippen molar-refractivity contribution in [2.45, 2.75) is 55.5 Å². The minimum Gasteiger partial charge on any atom is -0.388 e. The molecular weight excluding hydrogens is 204 g/mol. The zero-order valence-electron chi connectivity index (χ0n) is 9.98. The van der Waals surface area contributed by atoms with Gasteiger partial charge in [0.25, 0.3) is 0 Å². The van der Waals surface area contributed by atoms with Gasteiger partial charge in [0.05, 0.1) is 23.3 Å². The van der Waals surface area contributed by atoms with E-state index in [1.807, 2.05) is 0 Å². The SMILES string of the molecule is CN1CCC(O)(C2(N)CC3CCC2O3)CC1. The molecule has 3 atom stereocenters. The van der Waals surface area contributed by atoms with E-state index in [2.05, 4.69) is 11.9 Å². The molecule has 0 aromatic carbocycles. The molecule has 0 aromatic heterocycles.